The van der Waals surface area contributed by atoms with Crippen molar-refractivity contribution in [3.8, 4) is 0 Å². The molecule has 0 spiro atoms. The van der Waals surface area contributed by atoms with E-state index in [2.05, 4.69) is 20.3 Å². The summed E-state index contributed by atoms with van der Waals surface area (Å²) in [5, 5.41) is 2.31. The highest BCUT2D eigenvalue weighted by molar-refractivity contribution is 6.03. The molecule has 1 aliphatic heterocycles. The van der Waals surface area contributed by atoms with E-state index in [-0.39, 0.29) is 11.3 Å². The third-order valence-corrected chi connectivity index (χ3v) is 5.02. The summed E-state index contributed by atoms with van der Waals surface area (Å²) in [5.41, 5.74) is -0.505. The average Bonchev–Trinajstić information content (AvgIpc) is 2.67. The number of hydrogen-bond acceptors (Lipinski definition) is 5. The molecule has 12 heteroatoms. The van der Waals surface area contributed by atoms with E-state index in [9.17, 15) is 31.1 Å². The van der Waals surface area contributed by atoms with Gasteiger partial charge < -0.3 is 11.1 Å². The molecule has 0 aliphatic carbocycles. The second-order valence-corrected chi connectivity index (χ2v) is 7.43. The number of rotatable bonds is 4. The predicted octanol–water partition coefficient (Wildman–Crippen LogP) is 4.15. The number of hydrogen-bond donors (Lipinski definition) is 2. The molecule has 2 atom stereocenters. The van der Waals surface area contributed by atoms with Gasteiger partial charge in [0.05, 0.1) is 12.0 Å². The van der Waals surface area contributed by atoms with E-state index in [0.717, 1.165) is 44.4 Å². The monoisotopic (exact) mass is 445 g/mol. The Labute approximate surface area is 172 Å². The highest BCUT2D eigenvalue weighted by Crippen LogP contribution is 2.50. The number of carbonyl (C=O) groups is 1. The second-order valence-electron chi connectivity index (χ2n) is 7.43. The molecule has 0 bridgehead atoms. The molecule has 166 valence electrons. The number of amidine groups is 1. The van der Waals surface area contributed by atoms with Gasteiger partial charge in [-0.2, -0.15) is 0 Å². The number of amides is 1. The van der Waals surface area contributed by atoms with Gasteiger partial charge in [-0.1, -0.05) is 0 Å². The van der Waals surface area contributed by atoms with Crippen LogP contribution in [0.25, 0.3) is 0 Å². The predicted molar refractivity (Wildman–Crippen MR) is 99.4 cm³/mol. The lowest BCUT2D eigenvalue weighted by atomic mass is 9.77. The Kier molecular flexibility index (Phi) is 5.45. The van der Waals surface area contributed by atoms with Crippen molar-refractivity contribution in [2.45, 2.75) is 43.8 Å². The van der Waals surface area contributed by atoms with Crippen LogP contribution in [0.15, 0.2) is 35.6 Å². The third-order valence-electron chi connectivity index (χ3n) is 5.02. The zero-order valence-corrected chi connectivity index (χ0v) is 16.3. The van der Waals surface area contributed by atoms with Crippen LogP contribution in [-0.2, 0) is 5.54 Å². The van der Waals surface area contributed by atoms with Gasteiger partial charge in [0.15, 0.2) is 17.0 Å². The standard InChI is InChI=1S/C19H17F6N5O/c1-17(23)8-19(24,25)18(2,30-16(17)26)11-5-10(3-4-12(11)20)29-15(31)9-6-27-14(13(21)22)28-7-9/h3-7,13H,8H2,1-2H3,(H2,26,30)(H,29,31)/t17-,18-/m1/s1. The first-order valence-corrected chi connectivity index (χ1v) is 8.91. The Bertz CT molecular complexity index is 1040. The molecular formula is C19H17F6N5O. The van der Waals surface area contributed by atoms with Crippen LogP contribution in [0, 0.1) is 5.82 Å². The molecule has 1 aromatic carbocycles. The van der Waals surface area contributed by atoms with Gasteiger partial charge in [-0.25, -0.2) is 36.3 Å². The van der Waals surface area contributed by atoms with Crippen LogP contribution in [0.1, 0.15) is 48.4 Å². The SMILES string of the molecule is C[C@@]1(F)CC(F)(F)[C@@](C)(c2cc(NC(=O)c3cnc(C(F)F)nc3)ccc2F)N=C1N. The van der Waals surface area contributed by atoms with Crippen LogP contribution in [0.3, 0.4) is 0 Å². The van der Waals surface area contributed by atoms with E-state index >= 15 is 0 Å². The molecule has 1 aliphatic rings. The normalized spacial score (nSPS) is 25.3. The van der Waals surface area contributed by atoms with Crippen LogP contribution in [0.2, 0.25) is 0 Å². The Morgan fingerprint density at radius 2 is 1.77 bits per heavy atom. The van der Waals surface area contributed by atoms with Gasteiger partial charge in [-0.3, -0.25) is 9.79 Å². The summed E-state index contributed by atoms with van der Waals surface area (Å²) >= 11 is 0. The van der Waals surface area contributed by atoms with Crippen molar-refractivity contribution in [3.63, 3.8) is 0 Å². The van der Waals surface area contributed by atoms with Crippen LogP contribution in [0.4, 0.5) is 32.0 Å². The number of alkyl halides is 5. The molecule has 2 aromatic rings. The number of aliphatic imine (C=N–C) groups is 1. The minimum atomic E-state index is -3.80. The zero-order valence-electron chi connectivity index (χ0n) is 16.3. The molecule has 6 nitrogen and oxygen atoms in total. The highest BCUT2D eigenvalue weighted by atomic mass is 19.3. The lowest BCUT2D eigenvalue weighted by molar-refractivity contribution is -0.106. The average molecular weight is 445 g/mol. The molecule has 2 heterocycles. The molecule has 31 heavy (non-hydrogen) atoms. The van der Waals surface area contributed by atoms with Crippen LogP contribution >= 0.6 is 0 Å². The minimum Gasteiger partial charge on any atom is -0.385 e. The lowest BCUT2D eigenvalue weighted by Gasteiger charge is -2.42. The first-order valence-electron chi connectivity index (χ1n) is 8.91. The van der Waals surface area contributed by atoms with Crippen LogP contribution in [-0.4, -0.2) is 33.3 Å². The van der Waals surface area contributed by atoms with Crippen molar-refractivity contribution < 1.29 is 31.1 Å². The molecule has 3 N–H and O–H groups in total. The molecule has 1 amide bonds. The Balaban J connectivity index is 1.95. The van der Waals surface area contributed by atoms with E-state index in [0.29, 0.717) is 0 Å². The number of aromatic nitrogens is 2. The van der Waals surface area contributed by atoms with Gasteiger partial charge in [0.1, 0.15) is 11.7 Å². The van der Waals surface area contributed by atoms with Crippen molar-refractivity contribution in [1.82, 2.24) is 9.97 Å². The fourth-order valence-corrected chi connectivity index (χ4v) is 3.12. The number of carbonyl (C=O) groups excluding carboxylic acids is 1. The van der Waals surface area contributed by atoms with Gasteiger partial charge in [-0.15, -0.1) is 0 Å². The van der Waals surface area contributed by atoms with Crippen LogP contribution in [0.5, 0.6) is 0 Å². The smallest absolute Gasteiger partial charge is 0.297 e. The van der Waals surface area contributed by atoms with E-state index in [1.807, 2.05) is 0 Å². The lowest BCUT2D eigenvalue weighted by Crippen LogP contribution is -2.56. The molecule has 0 saturated carbocycles. The number of anilines is 1. The van der Waals surface area contributed by atoms with Gasteiger partial charge in [0.25, 0.3) is 18.3 Å². The summed E-state index contributed by atoms with van der Waals surface area (Å²) in [6.07, 6.45) is -2.51. The van der Waals surface area contributed by atoms with E-state index in [1.165, 1.54) is 0 Å². The molecule has 0 radical (unpaired) electrons. The van der Waals surface area contributed by atoms with E-state index in [4.69, 9.17) is 5.73 Å². The van der Waals surface area contributed by atoms with Gasteiger partial charge in [0.2, 0.25) is 0 Å². The maximum Gasteiger partial charge on any atom is 0.297 e. The first-order chi connectivity index (χ1) is 14.3. The Hall–Kier alpha value is -3.18. The fraction of sp³-hybridized carbons (Fsp3) is 0.368. The molecule has 0 unspecified atom stereocenters. The minimum absolute atomic E-state index is 0.0984. The molecule has 3 rings (SSSR count). The molecule has 1 aromatic heterocycles. The fourth-order valence-electron chi connectivity index (χ4n) is 3.12. The number of nitrogens with two attached hydrogens (primary N) is 1. The maximum atomic E-state index is 14.8. The van der Waals surface area contributed by atoms with Gasteiger partial charge in [-0.05, 0) is 32.0 Å². The summed E-state index contributed by atoms with van der Waals surface area (Å²) in [5.74, 6) is -7.20. The number of halogens is 6. The molecule has 0 saturated heterocycles. The van der Waals surface area contributed by atoms with Crippen LogP contribution < -0.4 is 11.1 Å². The molecular weight excluding hydrogens is 428 g/mol. The van der Waals surface area contributed by atoms with Crippen molar-refractivity contribution in [2.24, 2.45) is 10.7 Å². The van der Waals surface area contributed by atoms with Gasteiger partial charge >= 0.3 is 0 Å². The summed E-state index contributed by atoms with van der Waals surface area (Å²) in [6.45, 7) is 1.77. The molecule has 0 fully saturated rings. The van der Waals surface area contributed by atoms with E-state index in [1.54, 1.807) is 0 Å². The summed E-state index contributed by atoms with van der Waals surface area (Å²) in [6, 6.07) is 2.85. The Morgan fingerprint density at radius 1 is 1.16 bits per heavy atom. The number of nitrogens with zero attached hydrogens (tertiary/aromatic N) is 3. The van der Waals surface area contributed by atoms with E-state index < -0.39 is 58.9 Å². The largest absolute Gasteiger partial charge is 0.385 e. The van der Waals surface area contributed by atoms with Crippen molar-refractivity contribution >= 4 is 17.4 Å². The number of nitrogens with one attached hydrogen (secondary N) is 1. The summed E-state index contributed by atoms with van der Waals surface area (Å²) < 4.78 is 83.5. The topological polar surface area (TPSA) is 93.3 Å². The van der Waals surface area contributed by atoms with Crippen molar-refractivity contribution in [1.29, 1.82) is 0 Å². The summed E-state index contributed by atoms with van der Waals surface area (Å²) in [7, 11) is 0. The maximum absolute atomic E-state index is 14.8. The summed E-state index contributed by atoms with van der Waals surface area (Å²) in [4.78, 5) is 22.6. The van der Waals surface area contributed by atoms with Crippen molar-refractivity contribution in [3.05, 3.63) is 53.4 Å². The van der Waals surface area contributed by atoms with Crippen molar-refractivity contribution in [2.75, 3.05) is 5.32 Å². The highest BCUT2D eigenvalue weighted by Gasteiger charge is 2.60. The van der Waals surface area contributed by atoms with Gasteiger partial charge in [0, 0.05) is 23.6 Å². The second kappa shape index (κ2) is 7.50. The quantitative estimate of drug-likeness (QED) is 0.692. The number of benzene rings is 1. The Morgan fingerprint density at radius 3 is 2.35 bits per heavy atom. The first kappa shape index (κ1) is 22.5. The zero-order chi connectivity index (χ0) is 23.2. The third kappa shape index (κ3) is 4.06.